The van der Waals surface area contributed by atoms with E-state index in [0.29, 0.717) is 31.7 Å². The van der Waals surface area contributed by atoms with Gasteiger partial charge in [-0.3, -0.25) is 13.9 Å². The van der Waals surface area contributed by atoms with Gasteiger partial charge >= 0.3 is 0 Å². The summed E-state index contributed by atoms with van der Waals surface area (Å²) in [5.41, 5.74) is 1.27. The predicted octanol–water partition coefficient (Wildman–Crippen LogP) is 4.66. The van der Waals surface area contributed by atoms with Crippen molar-refractivity contribution >= 4 is 27.5 Å². The highest BCUT2D eigenvalue weighted by molar-refractivity contribution is 7.92. The molecule has 3 aromatic carbocycles. The first-order valence-corrected chi connectivity index (χ1v) is 15.2. The van der Waals surface area contributed by atoms with Crippen molar-refractivity contribution in [3.8, 4) is 5.75 Å². The van der Waals surface area contributed by atoms with Crippen LogP contribution in [-0.4, -0.2) is 57.4 Å². The molecule has 40 heavy (non-hydrogen) atoms. The van der Waals surface area contributed by atoms with Crippen LogP contribution in [-0.2, 0) is 26.0 Å². The molecule has 0 radical (unpaired) electrons. The number of amides is 2. The molecule has 1 atom stereocenters. The second-order valence-corrected chi connectivity index (χ2v) is 11.1. The van der Waals surface area contributed by atoms with Crippen LogP contribution in [0.5, 0.6) is 5.75 Å². The average molecular weight is 566 g/mol. The van der Waals surface area contributed by atoms with Crippen LogP contribution in [0.2, 0.25) is 0 Å². The highest BCUT2D eigenvalue weighted by atomic mass is 32.2. The lowest BCUT2D eigenvalue weighted by atomic mass is 10.1. The number of carbonyl (C=O) groups excluding carboxylic acids is 2. The summed E-state index contributed by atoms with van der Waals surface area (Å²) in [6.45, 7) is 6.20. The molecule has 0 heterocycles. The molecule has 0 fully saturated rings. The molecule has 0 aliphatic heterocycles. The first-order chi connectivity index (χ1) is 19.3. The van der Waals surface area contributed by atoms with Gasteiger partial charge in [0.1, 0.15) is 18.3 Å². The van der Waals surface area contributed by atoms with Crippen molar-refractivity contribution in [2.75, 3.05) is 30.5 Å². The van der Waals surface area contributed by atoms with Crippen LogP contribution in [0.3, 0.4) is 0 Å². The van der Waals surface area contributed by atoms with E-state index in [1.54, 1.807) is 42.5 Å². The van der Waals surface area contributed by atoms with Gasteiger partial charge in [-0.05, 0) is 56.0 Å². The van der Waals surface area contributed by atoms with Crippen LogP contribution >= 0.6 is 0 Å². The fourth-order valence-electron chi connectivity index (χ4n) is 4.44. The molecule has 0 aliphatic rings. The molecule has 0 aromatic heterocycles. The molecule has 0 bridgehead atoms. The third kappa shape index (κ3) is 7.85. The van der Waals surface area contributed by atoms with Crippen molar-refractivity contribution in [1.29, 1.82) is 0 Å². The quantitative estimate of drug-likeness (QED) is 0.289. The Balaban J connectivity index is 2.03. The molecule has 0 aliphatic carbocycles. The molecule has 0 saturated heterocycles. The van der Waals surface area contributed by atoms with E-state index < -0.39 is 28.5 Å². The lowest BCUT2D eigenvalue weighted by molar-refractivity contribution is -0.139. The van der Waals surface area contributed by atoms with Crippen molar-refractivity contribution in [3.05, 3.63) is 90.5 Å². The number of anilines is 1. The van der Waals surface area contributed by atoms with Crippen molar-refractivity contribution in [1.82, 2.24) is 10.2 Å². The van der Waals surface area contributed by atoms with Gasteiger partial charge in [-0.15, -0.1) is 0 Å². The summed E-state index contributed by atoms with van der Waals surface area (Å²) in [4.78, 5) is 28.8. The Bertz CT molecular complexity index is 1330. The Kier molecular flexibility index (Phi) is 11.6. The highest BCUT2D eigenvalue weighted by Gasteiger charge is 2.34. The molecule has 8 nitrogen and oxygen atoms in total. The van der Waals surface area contributed by atoms with Crippen molar-refractivity contribution in [3.63, 3.8) is 0 Å². The fraction of sp³-hybridized carbons (Fsp3) is 0.355. The van der Waals surface area contributed by atoms with Crippen LogP contribution in [0, 0.1) is 0 Å². The largest absolute Gasteiger partial charge is 0.492 e. The highest BCUT2D eigenvalue weighted by Crippen LogP contribution is 2.32. The molecule has 0 saturated carbocycles. The zero-order valence-electron chi connectivity index (χ0n) is 23.5. The Hall–Kier alpha value is -3.85. The van der Waals surface area contributed by atoms with Gasteiger partial charge in [0.25, 0.3) is 10.0 Å². The van der Waals surface area contributed by atoms with Gasteiger partial charge in [-0.1, -0.05) is 74.5 Å². The number of hydrogen-bond donors (Lipinski definition) is 1. The van der Waals surface area contributed by atoms with Crippen molar-refractivity contribution < 1.29 is 22.7 Å². The summed E-state index contributed by atoms with van der Waals surface area (Å²) in [5.74, 6) is -0.376. The number of benzene rings is 3. The monoisotopic (exact) mass is 565 g/mol. The Morgan fingerprint density at radius 1 is 0.875 bits per heavy atom. The van der Waals surface area contributed by atoms with E-state index >= 15 is 0 Å². The van der Waals surface area contributed by atoms with Crippen LogP contribution in [0.1, 0.15) is 39.2 Å². The van der Waals surface area contributed by atoms with E-state index in [1.807, 2.05) is 51.1 Å². The van der Waals surface area contributed by atoms with E-state index in [-0.39, 0.29) is 23.0 Å². The van der Waals surface area contributed by atoms with E-state index in [2.05, 4.69) is 5.32 Å². The van der Waals surface area contributed by atoms with Gasteiger partial charge < -0.3 is 15.0 Å². The van der Waals surface area contributed by atoms with Crippen LogP contribution < -0.4 is 14.4 Å². The molecular formula is C31H39N3O5S. The van der Waals surface area contributed by atoms with Gasteiger partial charge in [0.15, 0.2) is 0 Å². The van der Waals surface area contributed by atoms with Crippen LogP contribution in [0.4, 0.5) is 5.69 Å². The molecule has 214 valence electrons. The number of sulfonamides is 1. The minimum Gasteiger partial charge on any atom is -0.492 e. The van der Waals surface area contributed by atoms with E-state index in [4.69, 9.17) is 4.74 Å². The zero-order chi connectivity index (χ0) is 29.0. The summed E-state index contributed by atoms with van der Waals surface area (Å²) in [7, 11) is -4.15. The Labute approximate surface area is 238 Å². The lowest BCUT2D eigenvalue weighted by Crippen LogP contribution is -2.53. The SMILES string of the molecule is CCCNC(=O)[C@@H](CC)N(CCc1ccccc1)C(=O)CN(c1ccccc1OCC)S(=O)(=O)c1ccccc1. The molecule has 1 N–H and O–H groups in total. The van der Waals surface area contributed by atoms with Gasteiger partial charge in [0, 0.05) is 13.1 Å². The molecule has 2 amide bonds. The van der Waals surface area contributed by atoms with Crippen LogP contribution in [0.15, 0.2) is 89.8 Å². The maximum absolute atomic E-state index is 14.1. The second-order valence-electron chi connectivity index (χ2n) is 9.26. The lowest BCUT2D eigenvalue weighted by Gasteiger charge is -2.33. The summed E-state index contributed by atoms with van der Waals surface area (Å²) in [6.07, 6.45) is 1.67. The summed E-state index contributed by atoms with van der Waals surface area (Å²) in [6, 6.07) is 23.7. The van der Waals surface area contributed by atoms with E-state index in [0.717, 1.165) is 16.3 Å². The fourth-order valence-corrected chi connectivity index (χ4v) is 5.88. The molecule has 3 rings (SSSR count). The number of para-hydroxylation sites is 2. The number of rotatable bonds is 15. The maximum atomic E-state index is 14.1. The Morgan fingerprint density at radius 3 is 2.12 bits per heavy atom. The van der Waals surface area contributed by atoms with Gasteiger partial charge in [0.2, 0.25) is 11.8 Å². The maximum Gasteiger partial charge on any atom is 0.264 e. The van der Waals surface area contributed by atoms with Gasteiger partial charge in [-0.25, -0.2) is 8.42 Å². The van der Waals surface area contributed by atoms with E-state index in [9.17, 15) is 18.0 Å². The van der Waals surface area contributed by atoms with Crippen molar-refractivity contribution in [2.24, 2.45) is 0 Å². The smallest absolute Gasteiger partial charge is 0.264 e. The Morgan fingerprint density at radius 2 is 1.50 bits per heavy atom. The van der Waals surface area contributed by atoms with Gasteiger partial charge in [-0.2, -0.15) is 0 Å². The molecule has 0 unspecified atom stereocenters. The number of ether oxygens (including phenoxy) is 1. The second kappa shape index (κ2) is 15.1. The number of carbonyl (C=O) groups is 2. The van der Waals surface area contributed by atoms with Crippen molar-refractivity contribution in [2.45, 2.75) is 51.0 Å². The third-order valence-electron chi connectivity index (χ3n) is 6.46. The minimum atomic E-state index is -4.15. The summed E-state index contributed by atoms with van der Waals surface area (Å²) < 4.78 is 34.8. The molecule has 0 spiro atoms. The minimum absolute atomic E-state index is 0.0534. The number of nitrogens with one attached hydrogen (secondary N) is 1. The number of nitrogens with zero attached hydrogens (tertiary/aromatic N) is 2. The average Bonchev–Trinajstić information content (AvgIpc) is 2.98. The zero-order valence-corrected chi connectivity index (χ0v) is 24.3. The first kappa shape index (κ1) is 30.7. The number of hydrogen-bond acceptors (Lipinski definition) is 5. The van der Waals surface area contributed by atoms with E-state index in [1.165, 1.54) is 17.0 Å². The molecule has 9 heteroatoms. The normalized spacial score (nSPS) is 11.9. The molecular weight excluding hydrogens is 526 g/mol. The van der Waals surface area contributed by atoms with Gasteiger partial charge in [0.05, 0.1) is 17.2 Å². The first-order valence-electron chi connectivity index (χ1n) is 13.7. The molecule has 3 aromatic rings. The predicted molar refractivity (Wildman–Crippen MR) is 158 cm³/mol. The third-order valence-corrected chi connectivity index (χ3v) is 8.24. The topological polar surface area (TPSA) is 96.0 Å². The summed E-state index contributed by atoms with van der Waals surface area (Å²) >= 11 is 0. The summed E-state index contributed by atoms with van der Waals surface area (Å²) in [5, 5.41) is 2.90. The standard InChI is InChI=1S/C31H39N3O5S/c1-4-22-32-31(36)27(5-2)33(23-21-25-15-9-7-10-16-25)30(35)24-34(28-19-13-14-20-29(28)39-6-3)40(37,38)26-17-11-8-12-18-26/h7-20,27H,4-6,21-24H2,1-3H3,(H,32,36)/t27-/m1/s1. The van der Waals surface area contributed by atoms with Crippen LogP contribution in [0.25, 0.3) is 0 Å².